The van der Waals surface area contributed by atoms with Crippen molar-refractivity contribution < 1.29 is 4.79 Å². The summed E-state index contributed by atoms with van der Waals surface area (Å²) in [5.41, 5.74) is 1.04. The minimum atomic E-state index is -0.204. The van der Waals surface area contributed by atoms with E-state index in [-0.39, 0.29) is 12.5 Å². The minimum absolute atomic E-state index is 0.204. The van der Waals surface area contributed by atoms with Gasteiger partial charge in [0, 0.05) is 24.8 Å². The van der Waals surface area contributed by atoms with Crippen molar-refractivity contribution in [3.05, 3.63) is 53.5 Å². The Balaban J connectivity index is 1.62. The van der Waals surface area contributed by atoms with Gasteiger partial charge in [0.05, 0.1) is 18.2 Å². The zero-order valence-corrected chi connectivity index (χ0v) is 12.7. The van der Waals surface area contributed by atoms with E-state index < -0.39 is 0 Å². The number of benzene rings is 1. The molecule has 1 N–H and O–H groups in total. The third-order valence-electron chi connectivity index (χ3n) is 3.80. The van der Waals surface area contributed by atoms with Crippen LogP contribution in [-0.4, -0.2) is 29.0 Å². The monoisotopic (exact) mass is 307 g/mol. The van der Waals surface area contributed by atoms with Crippen molar-refractivity contribution in [2.45, 2.75) is 19.4 Å². The Kier molecular flexibility index (Phi) is 4.48. The normalized spacial score (nSPS) is 13.6. The number of carbonyl (C=O) groups is 1. The van der Waals surface area contributed by atoms with Gasteiger partial charge in [0.1, 0.15) is 11.6 Å². The van der Waals surface area contributed by atoms with Gasteiger partial charge in [-0.25, -0.2) is 9.97 Å². The molecule has 6 nitrogen and oxygen atoms in total. The summed E-state index contributed by atoms with van der Waals surface area (Å²) in [6.45, 7) is 2.32. The number of nitrogens with zero attached hydrogens (tertiary/aromatic N) is 4. The van der Waals surface area contributed by atoms with Crippen LogP contribution in [-0.2, 0) is 6.54 Å². The Labute approximate surface area is 134 Å². The van der Waals surface area contributed by atoms with E-state index in [4.69, 9.17) is 5.26 Å². The Morgan fingerprint density at radius 1 is 1.22 bits per heavy atom. The summed E-state index contributed by atoms with van der Waals surface area (Å²) >= 11 is 0. The maximum absolute atomic E-state index is 12.1. The largest absolute Gasteiger partial charge is 0.357 e. The van der Waals surface area contributed by atoms with Crippen LogP contribution >= 0.6 is 0 Å². The molecular formula is C17H17N5O. The van der Waals surface area contributed by atoms with Crippen LogP contribution in [0.15, 0.2) is 36.5 Å². The number of nitriles is 1. The lowest BCUT2D eigenvalue weighted by Crippen LogP contribution is -2.25. The summed E-state index contributed by atoms with van der Waals surface area (Å²) in [5.74, 6) is 1.31. The quantitative estimate of drug-likeness (QED) is 0.932. The first kappa shape index (κ1) is 15.0. The lowest BCUT2D eigenvalue weighted by molar-refractivity contribution is 0.0950. The molecule has 1 fully saturated rings. The molecule has 1 aromatic heterocycles. The Bertz CT molecular complexity index is 729. The number of carbonyl (C=O) groups excluding carboxylic acids is 1. The number of aromatic nitrogens is 2. The van der Waals surface area contributed by atoms with Gasteiger partial charge in [-0.15, -0.1) is 0 Å². The van der Waals surface area contributed by atoms with Crippen molar-refractivity contribution >= 4 is 11.7 Å². The molecule has 0 bridgehead atoms. The predicted octanol–water partition coefficient (Wildman–Crippen LogP) is 1.88. The van der Waals surface area contributed by atoms with Crippen molar-refractivity contribution in [3.63, 3.8) is 0 Å². The van der Waals surface area contributed by atoms with Gasteiger partial charge < -0.3 is 10.2 Å². The SMILES string of the molecule is N#Cc1ccc(C(=O)NCc2nccc(N3CCCC3)n2)cc1. The van der Waals surface area contributed by atoms with Crippen molar-refractivity contribution in [2.75, 3.05) is 18.0 Å². The van der Waals surface area contributed by atoms with E-state index in [9.17, 15) is 4.79 Å². The first-order valence-electron chi connectivity index (χ1n) is 7.61. The third-order valence-corrected chi connectivity index (χ3v) is 3.80. The van der Waals surface area contributed by atoms with Crippen LogP contribution in [0, 0.1) is 11.3 Å². The minimum Gasteiger partial charge on any atom is -0.357 e. The molecular weight excluding hydrogens is 290 g/mol. The fourth-order valence-electron chi connectivity index (χ4n) is 2.55. The number of amides is 1. The van der Waals surface area contributed by atoms with Crippen LogP contribution in [0.2, 0.25) is 0 Å². The van der Waals surface area contributed by atoms with Crippen LogP contribution in [0.4, 0.5) is 5.82 Å². The predicted molar refractivity (Wildman–Crippen MR) is 85.8 cm³/mol. The fraction of sp³-hybridized carbons (Fsp3) is 0.294. The van der Waals surface area contributed by atoms with Crippen LogP contribution in [0.1, 0.15) is 34.6 Å². The average Bonchev–Trinajstić information content (AvgIpc) is 3.15. The van der Waals surface area contributed by atoms with Crippen molar-refractivity contribution in [2.24, 2.45) is 0 Å². The molecule has 6 heteroatoms. The van der Waals surface area contributed by atoms with Gasteiger partial charge in [0.2, 0.25) is 0 Å². The molecule has 0 unspecified atom stereocenters. The molecule has 1 aliphatic heterocycles. The number of hydrogen-bond donors (Lipinski definition) is 1. The average molecular weight is 307 g/mol. The van der Waals surface area contributed by atoms with Gasteiger partial charge in [-0.05, 0) is 43.2 Å². The van der Waals surface area contributed by atoms with Crippen LogP contribution in [0.5, 0.6) is 0 Å². The highest BCUT2D eigenvalue weighted by Gasteiger charge is 2.14. The molecule has 23 heavy (non-hydrogen) atoms. The van der Waals surface area contributed by atoms with Crippen molar-refractivity contribution in [3.8, 4) is 6.07 Å². The molecule has 0 saturated carbocycles. The number of hydrogen-bond acceptors (Lipinski definition) is 5. The van der Waals surface area contributed by atoms with Gasteiger partial charge >= 0.3 is 0 Å². The lowest BCUT2D eigenvalue weighted by atomic mass is 10.1. The highest BCUT2D eigenvalue weighted by atomic mass is 16.1. The van der Waals surface area contributed by atoms with Crippen molar-refractivity contribution in [1.29, 1.82) is 5.26 Å². The summed E-state index contributed by atoms with van der Waals surface area (Å²) in [6, 6.07) is 10.4. The van der Waals surface area contributed by atoms with Gasteiger partial charge in [-0.1, -0.05) is 0 Å². The van der Waals surface area contributed by atoms with Crippen molar-refractivity contribution in [1.82, 2.24) is 15.3 Å². The van der Waals surface area contributed by atoms with E-state index >= 15 is 0 Å². The maximum atomic E-state index is 12.1. The molecule has 0 aliphatic carbocycles. The van der Waals surface area contributed by atoms with E-state index in [1.807, 2.05) is 12.1 Å². The summed E-state index contributed by atoms with van der Waals surface area (Å²) in [6.07, 6.45) is 4.10. The lowest BCUT2D eigenvalue weighted by Gasteiger charge is -2.16. The second-order valence-electron chi connectivity index (χ2n) is 5.40. The standard InChI is InChI=1S/C17H17N5O/c18-11-13-3-5-14(6-4-13)17(23)20-12-15-19-8-7-16(21-15)22-9-1-2-10-22/h3-8H,1-2,9-10,12H2,(H,20,23). The third kappa shape index (κ3) is 3.64. The van der Waals surface area contributed by atoms with E-state index in [0.29, 0.717) is 17.0 Å². The molecule has 1 aromatic carbocycles. The smallest absolute Gasteiger partial charge is 0.251 e. The number of nitrogens with one attached hydrogen (secondary N) is 1. The van der Waals surface area contributed by atoms with Gasteiger partial charge in [0.15, 0.2) is 0 Å². The second kappa shape index (κ2) is 6.88. The molecule has 0 atom stereocenters. The zero-order chi connectivity index (χ0) is 16.1. The van der Waals surface area contributed by atoms with E-state index in [1.165, 1.54) is 12.8 Å². The first-order chi connectivity index (χ1) is 11.3. The highest BCUT2D eigenvalue weighted by Crippen LogP contribution is 2.16. The number of anilines is 1. The summed E-state index contributed by atoms with van der Waals surface area (Å²) in [4.78, 5) is 23.0. The summed E-state index contributed by atoms with van der Waals surface area (Å²) < 4.78 is 0. The van der Waals surface area contributed by atoms with Gasteiger partial charge in [-0.3, -0.25) is 4.79 Å². The Morgan fingerprint density at radius 2 is 1.96 bits per heavy atom. The van der Waals surface area contributed by atoms with Gasteiger partial charge in [0.25, 0.3) is 5.91 Å². The van der Waals surface area contributed by atoms with Crippen LogP contribution in [0.25, 0.3) is 0 Å². The van der Waals surface area contributed by atoms with E-state index in [1.54, 1.807) is 30.5 Å². The molecule has 2 aromatic rings. The molecule has 0 radical (unpaired) electrons. The van der Waals surface area contributed by atoms with E-state index in [0.717, 1.165) is 18.9 Å². The molecule has 2 heterocycles. The Morgan fingerprint density at radius 3 is 2.65 bits per heavy atom. The Hall–Kier alpha value is -2.94. The van der Waals surface area contributed by atoms with E-state index in [2.05, 4.69) is 20.2 Å². The molecule has 1 saturated heterocycles. The summed E-state index contributed by atoms with van der Waals surface area (Å²) in [5, 5.41) is 11.6. The maximum Gasteiger partial charge on any atom is 0.251 e. The summed E-state index contributed by atoms with van der Waals surface area (Å²) in [7, 11) is 0. The van der Waals surface area contributed by atoms with Gasteiger partial charge in [-0.2, -0.15) is 5.26 Å². The van der Waals surface area contributed by atoms with Crippen LogP contribution < -0.4 is 10.2 Å². The molecule has 3 rings (SSSR count). The molecule has 1 amide bonds. The fourth-order valence-corrected chi connectivity index (χ4v) is 2.55. The molecule has 0 spiro atoms. The number of rotatable bonds is 4. The first-order valence-corrected chi connectivity index (χ1v) is 7.61. The molecule has 1 aliphatic rings. The van der Waals surface area contributed by atoms with Crippen LogP contribution in [0.3, 0.4) is 0 Å². The highest BCUT2D eigenvalue weighted by molar-refractivity contribution is 5.94. The second-order valence-corrected chi connectivity index (χ2v) is 5.40. The molecule has 116 valence electrons. The topological polar surface area (TPSA) is 81.9 Å². The zero-order valence-electron chi connectivity index (χ0n) is 12.7.